The van der Waals surface area contributed by atoms with E-state index in [-0.39, 0.29) is 5.82 Å². The van der Waals surface area contributed by atoms with E-state index in [1.807, 2.05) is 6.07 Å². The lowest BCUT2D eigenvalue weighted by Gasteiger charge is -2.07. The van der Waals surface area contributed by atoms with E-state index < -0.39 is 0 Å². The Balaban J connectivity index is 2.22. The van der Waals surface area contributed by atoms with Crippen LogP contribution in [-0.4, -0.2) is 14.5 Å². The van der Waals surface area contributed by atoms with E-state index >= 15 is 0 Å². The van der Waals surface area contributed by atoms with Gasteiger partial charge in [0.25, 0.3) is 0 Å². The molecule has 3 rings (SSSR count). The molecule has 0 aliphatic heterocycles. The molecular formula is C15H15FN4. The number of nitrogens with two attached hydrogens (primary N) is 1. The number of halogens is 1. The minimum atomic E-state index is -0.277. The predicted molar refractivity (Wildman–Crippen MR) is 77.6 cm³/mol. The molecule has 2 N–H and O–H groups in total. The maximum atomic E-state index is 13.3. The van der Waals surface area contributed by atoms with Crippen molar-refractivity contribution in [1.82, 2.24) is 14.5 Å². The van der Waals surface area contributed by atoms with E-state index in [4.69, 9.17) is 5.73 Å². The molecular weight excluding hydrogens is 255 g/mol. The van der Waals surface area contributed by atoms with Crippen molar-refractivity contribution < 1.29 is 4.39 Å². The first-order valence-electron chi connectivity index (χ1n) is 6.56. The molecule has 0 saturated carbocycles. The zero-order chi connectivity index (χ0) is 14.1. The molecule has 2 heterocycles. The molecule has 0 saturated heterocycles. The summed E-state index contributed by atoms with van der Waals surface area (Å²) in [5.74, 6) is 0.985. The summed E-state index contributed by atoms with van der Waals surface area (Å²) in [6, 6.07) is 8.30. The molecule has 0 atom stereocenters. The number of rotatable bonds is 3. The Kier molecular flexibility index (Phi) is 3.10. The lowest BCUT2D eigenvalue weighted by molar-refractivity contribution is 0.629. The summed E-state index contributed by atoms with van der Waals surface area (Å²) in [7, 11) is 0. The Morgan fingerprint density at radius 2 is 2.10 bits per heavy atom. The van der Waals surface area contributed by atoms with Gasteiger partial charge in [0.15, 0.2) is 0 Å². The molecule has 0 amide bonds. The lowest BCUT2D eigenvalue weighted by atomic mass is 10.2. The summed E-state index contributed by atoms with van der Waals surface area (Å²) in [6.07, 6.45) is 2.66. The Hall–Kier alpha value is -2.43. The van der Waals surface area contributed by atoms with Gasteiger partial charge in [-0.15, -0.1) is 0 Å². The van der Waals surface area contributed by atoms with E-state index in [1.54, 1.807) is 18.3 Å². The van der Waals surface area contributed by atoms with Crippen molar-refractivity contribution in [2.45, 2.75) is 19.9 Å². The second-order valence-corrected chi connectivity index (χ2v) is 4.69. The number of hydrogen-bond donors (Lipinski definition) is 1. The van der Waals surface area contributed by atoms with Gasteiger partial charge in [0.05, 0.1) is 11.0 Å². The van der Waals surface area contributed by atoms with E-state index in [0.717, 1.165) is 29.9 Å². The molecule has 0 spiro atoms. The first-order valence-corrected chi connectivity index (χ1v) is 6.56. The first-order chi connectivity index (χ1) is 9.69. The van der Waals surface area contributed by atoms with Gasteiger partial charge in [0.2, 0.25) is 0 Å². The number of benzene rings is 1. The highest BCUT2D eigenvalue weighted by atomic mass is 19.1. The Morgan fingerprint density at radius 1 is 1.25 bits per heavy atom. The number of fused-ring (bicyclic) bond motifs is 1. The average molecular weight is 270 g/mol. The van der Waals surface area contributed by atoms with Gasteiger partial charge in [-0.1, -0.05) is 6.92 Å². The summed E-state index contributed by atoms with van der Waals surface area (Å²) >= 11 is 0. The van der Waals surface area contributed by atoms with Crippen LogP contribution in [0.4, 0.5) is 10.2 Å². The monoisotopic (exact) mass is 270 g/mol. The fraction of sp³-hybridized carbons (Fsp3) is 0.200. The normalized spacial score (nSPS) is 11.1. The van der Waals surface area contributed by atoms with Crippen molar-refractivity contribution in [2.24, 2.45) is 0 Å². The number of aryl methyl sites for hydroxylation is 1. The fourth-order valence-electron chi connectivity index (χ4n) is 2.31. The average Bonchev–Trinajstić information content (AvgIpc) is 2.78. The van der Waals surface area contributed by atoms with Crippen molar-refractivity contribution >= 4 is 16.9 Å². The smallest absolute Gasteiger partial charge is 0.142 e. The van der Waals surface area contributed by atoms with Gasteiger partial charge < -0.3 is 10.3 Å². The molecule has 1 aromatic carbocycles. The van der Waals surface area contributed by atoms with Crippen LogP contribution in [-0.2, 0) is 6.54 Å². The Morgan fingerprint density at radius 3 is 2.80 bits per heavy atom. The number of nitrogens with zero attached hydrogens (tertiary/aromatic N) is 3. The van der Waals surface area contributed by atoms with Gasteiger partial charge in [0.1, 0.15) is 17.5 Å². The summed E-state index contributed by atoms with van der Waals surface area (Å²) in [5, 5.41) is 0. The van der Waals surface area contributed by atoms with Crippen LogP contribution < -0.4 is 5.73 Å². The number of imidazole rings is 1. The van der Waals surface area contributed by atoms with Crippen LogP contribution in [0.1, 0.15) is 13.3 Å². The third-order valence-corrected chi connectivity index (χ3v) is 3.20. The van der Waals surface area contributed by atoms with Crippen molar-refractivity contribution in [3.8, 4) is 11.4 Å². The lowest BCUT2D eigenvalue weighted by Crippen LogP contribution is -2.00. The van der Waals surface area contributed by atoms with Crippen LogP contribution in [0.15, 0.2) is 36.5 Å². The molecule has 0 aliphatic rings. The maximum absolute atomic E-state index is 13.3. The second kappa shape index (κ2) is 4.92. The summed E-state index contributed by atoms with van der Waals surface area (Å²) in [5.41, 5.74) is 8.08. The number of pyridine rings is 1. The second-order valence-electron chi connectivity index (χ2n) is 4.69. The zero-order valence-corrected chi connectivity index (χ0v) is 11.2. The molecule has 4 nitrogen and oxygen atoms in total. The van der Waals surface area contributed by atoms with Crippen LogP contribution in [0.2, 0.25) is 0 Å². The number of anilines is 1. The predicted octanol–water partition coefficient (Wildman–Crippen LogP) is 3.23. The van der Waals surface area contributed by atoms with Crippen LogP contribution in [0.5, 0.6) is 0 Å². The molecule has 2 aromatic heterocycles. The van der Waals surface area contributed by atoms with Gasteiger partial charge in [0, 0.05) is 24.4 Å². The van der Waals surface area contributed by atoms with Crippen molar-refractivity contribution in [3.63, 3.8) is 0 Å². The van der Waals surface area contributed by atoms with Gasteiger partial charge in [-0.3, -0.25) is 0 Å². The zero-order valence-electron chi connectivity index (χ0n) is 11.2. The van der Waals surface area contributed by atoms with Gasteiger partial charge in [-0.25, -0.2) is 14.4 Å². The highest BCUT2D eigenvalue weighted by Crippen LogP contribution is 2.25. The van der Waals surface area contributed by atoms with Crippen LogP contribution in [0.25, 0.3) is 22.4 Å². The minimum absolute atomic E-state index is 0.277. The van der Waals surface area contributed by atoms with Crippen LogP contribution >= 0.6 is 0 Å². The Labute approximate surface area is 116 Å². The van der Waals surface area contributed by atoms with E-state index in [2.05, 4.69) is 21.5 Å². The number of nitrogen functional groups attached to an aromatic ring is 1. The van der Waals surface area contributed by atoms with Crippen LogP contribution in [0, 0.1) is 5.82 Å². The van der Waals surface area contributed by atoms with Gasteiger partial charge >= 0.3 is 0 Å². The quantitative estimate of drug-likeness (QED) is 0.795. The largest absolute Gasteiger partial charge is 0.384 e. The van der Waals surface area contributed by atoms with Gasteiger partial charge in [-0.05, 0) is 30.7 Å². The molecule has 3 aromatic rings. The molecule has 0 bridgehead atoms. The maximum Gasteiger partial charge on any atom is 0.142 e. The van der Waals surface area contributed by atoms with Crippen molar-refractivity contribution in [1.29, 1.82) is 0 Å². The third-order valence-electron chi connectivity index (χ3n) is 3.20. The molecule has 102 valence electrons. The molecule has 0 aliphatic carbocycles. The molecule has 0 fully saturated rings. The molecule has 20 heavy (non-hydrogen) atoms. The molecule has 5 heteroatoms. The standard InChI is InChI=1S/C15H15FN4/c1-2-7-20-13-5-4-11(16)8-12(13)19-15(20)10-3-6-14(17)18-9-10/h3-6,8-9H,2,7H2,1H3,(H2,17,18). The summed E-state index contributed by atoms with van der Waals surface area (Å²) in [6.45, 7) is 2.92. The van der Waals surface area contributed by atoms with Gasteiger partial charge in [-0.2, -0.15) is 0 Å². The van der Waals surface area contributed by atoms with E-state index in [9.17, 15) is 4.39 Å². The highest BCUT2D eigenvalue weighted by molar-refractivity contribution is 5.80. The van der Waals surface area contributed by atoms with Crippen LogP contribution in [0.3, 0.4) is 0 Å². The molecule has 0 radical (unpaired) electrons. The van der Waals surface area contributed by atoms with Crippen molar-refractivity contribution in [2.75, 3.05) is 5.73 Å². The fourth-order valence-corrected chi connectivity index (χ4v) is 2.31. The number of aromatic nitrogens is 3. The molecule has 0 unspecified atom stereocenters. The van der Waals surface area contributed by atoms with Crippen molar-refractivity contribution in [3.05, 3.63) is 42.3 Å². The first kappa shape index (κ1) is 12.6. The topological polar surface area (TPSA) is 56.7 Å². The summed E-state index contributed by atoms with van der Waals surface area (Å²) < 4.78 is 15.4. The highest BCUT2D eigenvalue weighted by Gasteiger charge is 2.12. The Bertz CT molecular complexity index is 746. The van der Waals surface area contributed by atoms with E-state index in [0.29, 0.717) is 11.3 Å². The SMILES string of the molecule is CCCn1c(-c2ccc(N)nc2)nc2cc(F)ccc21. The third kappa shape index (κ3) is 2.11. The summed E-state index contributed by atoms with van der Waals surface area (Å²) in [4.78, 5) is 8.63. The number of hydrogen-bond acceptors (Lipinski definition) is 3. The van der Waals surface area contributed by atoms with E-state index in [1.165, 1.54) is 12.1 Å². The minimum Gasteiger partial charge on any atom is -0.384 e.